The van der Waals surface area contributed by atoms with Crippen LogP contribution in [0.25, 0.3) is 0 Å². The van der Waals surface area contributed by atoms with Gasteiger partial charge in [-0.2, -0.15) is 0 Å². The van der Waals surface area contributed by atoms with Crippen LogP contribution in [-0.2, 0) is 4.79 Å². The zero-order chi connectivity index (χ0) is 9.68. The molecule has 3 nitrogen and oxygen atoms in total. The average Bonchev–Trinajstić information content (AvgIpc) is 2.15. The molecule has 0 saturated carbocycles. The van der Waals surface area contributed by atoms with Gasteiger partial charge in [0.15, 0.2) is 0 Å². The van der Waals surface area contributed by atoms with Crippen LogP contribution in [-0.4, -0.2) is 18.8 Å². The van der Waals surface area contributed by atoms with Gasteiger partial charge in [-0.15, -0.1) is 11.8 Å². The predicted molar refractivity (Wildman–Crippen MR) is 48.7 cm³/mol. The second-order valence-corrected chi connectivity index (χ2v) is 3.38. The van der Waals surface area contributed by atoms with Crippen LogP contribution < -0.4 is 39.4 Å². The number of hydrogen-bond acceptors (Lipinski definition) is 4. The Bertz CT molecular complexity index is 287. The van der Waals surface area contributed by atoms with Gasteiger partial charge in [-0.25, -0.2) is 0 Å². The van der Waals surface area contributed by atoms with Crippen LogP contribution in [0, 0.1) is 0 Å². The fourth-order valence-electron chi connectivity index (χ4n) is 0.814. The molecule has 0 saturated heterocycles. The van der Waals surface area contributed by atoms with Gasteiger partial charge in [-0.05, 0) is 24.3 Å². The SMILES string of the molecule is COc1ccc(SCC(=O)[O-])cc1.[Na+]. The van der Waals surface area contributed by atoms with E-state index in [9.17, 15) is 9.90 Å². The van der Waals surface area contributed by atoms with E-state index in [0.717, 1.165) is 10.6 Å². The van der Waals surface area contributed by atoms with Gasteiger partial charge >= 0.3 is 29.6 Å². The van der Waals surface area contributed by atoms with Gasteiger partial charge in [0.1, 0.15) is 5.75 Å². The molecular formula is C9H9NaO3S. The maximum atomic E-state index is 10.1. The first-order valence-corrected chi connectivity index (χ1v) is 4.67. The topological polar surface area (TPSA) is 49.4 Å². The van der Waals surface area contributed by atoms with Crippen LogP contribution in [0.2, 0.25) is 0 Å². The number of hydrogen-bond donors (Lipinski definition) is 0. The number of carbonyl (C=O) groups is 1. The van der Waals surface area contributed by atoms with Crippen molar-refractivity contribution in [1.82, 2.24) is 0 Å². The smallest absolute Gasteiger partial charge is 0.549 e. The number of aliphatic carboxylic acids is 1. The maximum absolute atomic E-state index is 10.1. The summed E-state index contributed by atoms with van der Waals surface area (Å²) in [6.45, 7) is 0. The minimum atomic E-state index is -1.05. The normalized spacial score (nSPS) is 8.93. The molecule has 0 bridgehead atoms. The summed E-state index contributed by atoms with van der Waals surface area (Å²) >= 11 is 1.23. The molecule has 0 N–H and O–H groups in total. The van der Waals surface area contributed by atoms with Crippen LogP contribution in [0.4, 0.5) is 0 Å². The number of ether oxygens (including phenoxy) is 1. The van der Waals surface area contributed by atoms with Crippen molar-refractivity contribution < 1.29 is 44.2 Å². The van der Waals surface area contributed by atoms with Crippen molar-refractivity contribution in [3.63, 3.8) is 0 Å². The van der Waals surface area contributed by atoms with Gasteiger partial charge in [0.05, 0.1) is 13.1 Å². The molecule has 0 aliphatic carbocycles. The van der Waals surface area contributed by atoms with Crippen LogP contribution >= 0.6 is 11.8 Å². The van der Waals surface area contributed by atoms with Crippen LogP contribution in [0.1, 0.15) is 0 Å². The molecule has 14 heavy (non-hydrogen) atoms. The molecule has 1 aromatic rings. The van der Waals surface area contributed by atoms with Gasteiger partial charge in [0.25, 0.3) is 0 Å². The number of carbonyl (C=O) groups excluding carboxylic acids is 1. The molecule has 0 heterocycles. The number of thioether (sulfide) groups is 1. The molecule has 0 aliphatic rings. The largest absolute Gasteiger partial charge is 1.00 e. The average molecular weight is 220 g/mol. The molecule has 0 aliphatic heterocycles. The molecule has 70 valence electrons. The molecule has 0 radical (unpaired) electrons. The third kappa shape index (κ3) is 4.91. The third-order valence-corrected chi connectivity index (χ3v) is 2.40. The van der Waals surface area contributed by atoms with E-state index >= 15 is 0 Å². The number of methoxy groups -OCH3 is 1. The van der Waals surface area contributed by atoms with Crippen molar-refractivity contribution in [3.8, 4) is 5.75 Å². The molecule has 0 unspecified atom stereocenters. The minimum Gasteiger partial charge on any atom is -0.549 e. The zero-order valence-electron chi connectivity index (χ0n) is 8.15. The summed E-state index contributed by atoms with van der Waals surface area (Å²) in [7, 11) is 1.59. The predicted octanol–water partition coefficient (Wildman–Crippen LogP) is -2.46. The number of carboxylic acid groups (broad SMARTS) is 1. The summed E-state index contributed by atoms with van der Waals surface area (Å²) < 4.78 is 4.96. The van der Waals surface area contributed by atoms with Crippen molar-refractivity contribution in [3.05, 3.63) is 24.3 Å². The van der Waals surface area contributed by atoms with E-state index in [1.54, 1.807) is 19.2 Å². The van der Waals surface area contributed by atoms with Crippen LogP contribution in [0.3, 0.4) is 0 Å². The molecule has 0 atom stereocenters. The Kier molecular flexibility index (Phi) is 7.09. The van der Waals surface area contributed by atoms with Gasteiger partial charge in [0.2, 0.25) is 0 Å². The summed E-state index contributed by atoms with van der Waals surface area (Å²) in [5.74, 6) is -0.314. The van der Waals surface area contributed by atoms with Gasteiger partial charge in [-0.1, -0.05) is 0 Å². The number of carboxylic acids is 1. The Morgan fingerprint density at radius 3 is 2.43 bits per heavy atom. The van der Waals surface area contributed by atoms with Gasteiger partial charge < -0.3 is 14.6 Å². The van der Waals surface area contributed by atoms with E-state index in [-0.39, 0.29) is 35.3 Å². The molecule has 0 fully saturated rings. The first-order chi connectivity index (χ1) is 6.22. The van der Waals surface area contributed by atoms with E-state index < -0.39 is 5.97 Å². The molecule has 1 rings (SSSR count). The fourth-order valence-corrected chi connectivity index (χ4v) is 1.43. The molecular weight excluding hydrogens is 211 g/mol. The Hall–Kier alpha value is -0.160. The Morgan fingerprint density at radius 1 is 1.43 bits per heavy atom. The maximum Gasteiger partial charge on any atom is 1.00 e. The summed E-state index contributed by atoms with van der Waals surface area (Å²) in [4.78, 5) is 11.0. The van der Waals surface area contributed by atoms with Crippen molar-refractivity contribution in [1.29, 1.82) is 0 Å². The summed E-state index contributed by atoms with van der Waals surface area (Å²) in [6, 6.07) is 7.20. The van der Waals surface area contributed by atoms with Gasteiger partial charge in [0, 0.05) is 10.6 Å². The zero-order valence-corrected chi connectivity index (χ0v) is 11.0. The van der Waals surface area contributed by atoms with E-state index in [4.69, 9.17) is 4.74 Å². The minimum absolute atomic E-state index is 0. The van der Waals surface area contributed by atoms with Crippen molar-refractivity contribution >= 4 is 17.7 Å². The second-order valence-electron chi connectivity index (χ2n) is 2.34. The van der Waals surface area contributed by atoms with Gasteiger partial charge in [-0.3, -0.25) is 0 Å². The molecule has 1 aromatic carbocycles. The van der Waals surface area contributed by atoms with E-state index in [0.29, 0.717) is 0 Å². The van der Waals surface area contributed by atoms with E-state index in [1.807, 2.05) is 12.1 Å². The summed E-state index contributed by atoms with van der Waals surface area (Å²) in [5.41, 5.74) is 0. The Morgan fingerprint density at radius 2 is 2.00 bits per heavy atom. The van der Waals surface area contributed by atoms with Crippen LogP contribution in [0.5, 0.6) is 5.75 Å². The third-order valence-electron chi connectivity index (χ3n) is 1.42. The van der Waals surface area contributed by atoms with Crippen molar-refractivity contribution in [2.45, 2.75) is 4.90 Å². The van der Waals surface area contributed by atoms with Crippen molar-refractivity contribution in [2.24, 2.45) is 0 Å². The molecule has 0 amide bonds. The Labute approximate surface area is 109 Å². The molecule has 0 aromatic heterocycles. The quantitative estimate of drug-likeness (QED) is 0.417. The monoisotopic (exact) mass is 220 g/mol. The van der Waals surface area contributed by atoms with Crippen LogP contribution in [0.15, 0.2) is 29.2 Å². The van der Waals surface area contributed by atoms with E-state index in [1.165, 1.54) is 11.8 Å². The second kappa shape index (κ2) is 7.17. The van der Waals surface area contributed by atoms with Crippen molar-refractivity contribution in [2.75, 3.05) is 12.9 Å². The summed E-state index contributed by atoms with van der Waals surface area (Å²) in [5, 5.41) is 10.1. The first kappa shape index (κ1) is 13.8. The fraction of sp³-hybridized carbons (Fsp3) is 0.222. The van der Waals surface area contributed by atoms with E-state index in [2.05, 4.69) is 0 Å². The summed E-state index contributed by atoms with van der Waals surface area (Å²) in [6.07, 6.45) is 0. The number of benzene rings is 1. The standard InChI is InChI=1S/C9H10O3S.Na/c1-12-7-2-4-8(5-3-7)13-6-9(10)11;/h2-5H,6H2,1H3,(H,10,11);/q;+1/p-1. The first-order valence-electron chi connectivity index (χ1n) is 3.69. The molecule has 0 spiro atoms. The Balaban J connectivity index is 0.00000169. The molecule has 5 heteroatoms. The number of rotatable bonds is 4.